The van der Waals surface area contributed by atoms with Gasteiger partial charge < -0.3 is 15.4 Å². The van der Waals surface area contributed by atoms with Crippen molar-refractivity contribution < 1.29 is 7.59 Å². The number of hydrogen-bond donors (Lipinski definition) is 2. The lowest BCUT2D eigenvalue weighted by molar-refractivity contribution is 0.133. The molecule has 18 heavy (non-hydrogen) atoms. The van der Waals surface area contributed by atoms with Crippen LogP contribution in [-0.4, -0.2) is 81.0 Å². The Hall–Kier alpha value is -0.200. The summed E-state index contributed by atoms with van der Waals surface area (Å²) in [6.07, 6.45) is 2.85. The van der Waals surface area contributed by atoms with E-state index in [2.05, 4.69) is 20.4 Å². The van der Waals surface area contributed by atoms with E-state index in [1.165, 1.54) is 39.0 Å². The molecular formula is C13H30N4O. The molecule has 0 aromatic rings. The summed E-state index contributed by atoms with van der Waals surface area (Å²) in [5.74, 6) is 0. The molecule has 0 aromatic carbocycles. The molecule has 2 atom stereocenters. The molecule has 0 aliphatic carbocycles. The maximum Gasteiger partial charge on any atom is 0.0995 e. The second-order valence-electron chi connectivity index (χ2n) is 5.71. The predicted octanol–water partition coefficient (Wildman–Crippen LogP) is -0.206. The SMILES string of the molecule is C1CC2CNCCN2C1.C1CN2COCC2CN1.[HH].[HH]. The second-order valence-corrected chi connectivity index (χ2v) is 5.71. The van der Waals surface area contributed by atoms with Gasteiger partial charge in [-0.25, -0.2) is 0 Å². The Morgan fingerprint density at radius 2 is 1.72 bits per heavy atom. The summed E-state index contributed by atoms with van der Waals surface area (Å²) in [6.45, 7) is 10.2. The molecule has 0 bridgehead atoms. The summed E-state index contributed by atoms with van der Waals surface area (Å²) in [5.41, 5.74) is 0. The van der Waals surface area contributed by atoms with E-state index in [1.54, 1.807) is 0 Å². The van der Waals surface area contributed by atoms with Crippen molar-refractivity contribution in [2.45, 2.75) is 24.9 Å². The van der Waals surface area contributed by atoms with Crippen molar-refractivity contribution in [3.63, 3.8) is 0 Å². The summed E-state index contributed by atoms with van der Waals surface area (Å²) in [6, 6.07) is 1.55. The first-order valence-electron chi connectivity index (χ1n) is 7.41. The monoisotopic (exact) mass is 258 g/mol. The molecule has 4 saturated heterocycles. The molecule has 0 radical (unpaired) electrons. The van der Waals surface area contributed by atoms with Gasteiger partial charge in [0.05, 0.1) is 13.3 Å². The first-order valence-corrected chi connectivity index (χ1v) is 7.41. The van der Waals surface area contributed by atoms with Gasteiger partial charge in [0.15, 0.2) is 0 Å². The molecule has 108 valence electrons. The van der Waals surface area contributed by atoms with Gasteiger partial charge in [-0.2, -0.15) is 0 Å². The normalized spacial score (nSPS) is 36.7. The van der Waals surface area contributed by atoms with Crippen molar-refractivity contribution in [3.05, 3.63) is 0 Å². The fraction of sp³-hybridized carbons (Fsp3) is 1.00. The van der Waals surface area contributed by atoms with Crippen LogP contribution in [0.25, 0.3) is 0 Å². The Bertz CT molecular complexity index is 223. The molecule has 0 saturated carbocycles. The van der Waals surface area contributed by atoms with Crippen molar-refractivity contribution in [1.82, 2.24) is 20.4 Å². The van der Waals surface area contributed by atoms with Crippen molar-refractivity contribution in [2.75, 3.05) is 59.2 Å². The predicted molar refractivity (Wildman–Crippen MR) is 75.9 cm³/mol. The molecule has 2 unspecified atom stereocenters. The topological polar surface area (TPSA) is 39.8 Å². The molecule has 4 fully saturated rings. The van der Waals surface area contributed by atoms with Crippen LogP contribution in [0.5, 0.6) is 0 Å². The number of fused-ring (bicyclic) bond motifs is 2. The molecule has 0 amide bonds. The van der Waals surface area contributed by atoms with Crippen LogP contribution in [-0.2, 0) is 4.74 Å². The van der Waals surface area contributed by atoms with Gasteiger partial charge in [-0.1, -0.05) is 0 Å². The lowest BCUT2D eigenvalue weighted by atomic mass is 10.2. The third kappa shape index (κ3) is 3.03. The smallest absolute Gasteiger partial charge is 0.0995 e. The van der Waals surface area contributed by atoms with Gasteiger partial charge in [0.2, 0.25) is 0 Å². The lowest BCUT2D eigenvalue weighted by Gasteiger charge is -2.29. The molecule has 4 rings (SSSR count). The van der Waals surface area contributed by atoms with E-state index in [-0.39, 0.29) is 2.85 Å². The van der Waals surface area contributed by atoms with E-state index in [0.717, 1.165) is 39.0 Å². The minimum Gasteiger partial charge on any atom is -0.364 e. The number of nitrogens with one attached hydrogen (secondary N) is 2. The van der Waals surface area contributed by atoms with Gasteiger partial charge in [-0.05, 0) is 19.4 Å². The van der Waals surface area contributed by atoms with Crippen molar-refractivity contribution in [2.24, 2.45) is 0 Å². The number of ether oxygens (including phenoxy) is 1. The van der Waals surface area contributed by atoms with E-state index in [4.69, 9.17) is 4.74 Å². The molecule has 2 N–H and O–H groups in total. The van der Waals surface area contributed by atoms with Crippen LogP contribution in [0, 0.1) is 0 Å². The third-order valence-electron chi connectivity index (χ3n) is 4.49. The van der Waals surface area contributed by atoms with Gasteiger partial charge in [0, 0.05) is 54.2 Å². The summed E-state index contributed by atoms with van der Waals surface area (Å²) in [5, 5.41) is 6.75. The molecule has 5 nitrogen and oxygen atoms in total. The largest absolute Gasteiger partial charge is 0.364 e. The van der Waals surface area contributed by atoms with Crippen LogP contribution in [0.15, 0.2) is 0 Å². The number of hydrogen-bond acceptors (Lipinski definition) is 5. The van der Waals surface area contributed by atoms with Crippen LogP contribution in [0.1, 0.15) is 15.7 Å². The van der Waals surface area contributed by atoms with Crippen molar-refractivity contribution in [1.29, 1.82) is 0 Å². The number of nitrogens with zero attached hydrogens (tertiary/aromatic N) is 2. The average Bonchev–Trinajstić information content (AvgIpc) is 3.08. The van der Waals surface area contributed by atoms with E-state index < -0.39 is 0 Å². The highest BCUT2D eigenvalue weighted by Crippen LogP contribution is 2.17. The van der Waals surface area contributed by atoms with Gasteiger partial charge >= 0.3 is 0 Å². The number of rotatable bonds is 0. The van der Waals surface area contributed by atoms with Crippen LogP contribution in [0.2, 0.25) is 0 Å². The van der Waals surface area contributed by atoms with Crippen LogP contribution < -0.4 is 10.6 Å². The molecule has 0 spiro atoms. The van der Waals surface area contributed by atoms with E-state index >= 15 is 0 Å². The van der Waals surface area contributed by atoms with E-state index in [1.807, 2.05) is 0 Å². The zero-order valence-corrected chi connectivity index (χ0v) is 11.2. The minimum absolute atomic E-state index is 0. The second kappa shape index (κ2) is 6.30. The Morgan fingerprint density at radius 1 is 0.944 bits per heavy atom. The number of piperazine rings is 2. The first-order chi connectivity index (χ1) is 8.93. The maximum absolute atomic E-state index is 5.28. The van der Waals surface area contributed by atoms with Gasteiger partial charge in [0.1, 0.15) is 0 Å². The fourth-order valence-electron chi connectivity index (χ4n) is 3.36. The quantitative estimate of drug-likeness (QED) is 0.629. The summed E-state index contributed by atoms with van der Waals surface area (Å²) >= 11 is 0. The Morgan fingerprint density at radius 3 is 2.50 bits per heavy atom. The van der Waals surface area contributed by atoms with Gasteiger partial charge in [0.25, 0.3) is 0 Å². The lowest BCUT2D eigenvalue weighted by Crippen LogP contribution is -2.48. The Kier molecular flexibility index (Phi) is 4.49. The highest BCUT2D eigenvalue weighted by atomic mass is 16.5. The van der Waals surface area contributed by atoms with Crippen molar-refractivity contribution >= 4 is 0 Å². The average molecular weight is 258 g/mol. The zero-order valence-electron chi connectivity index (χ0n) is 11.2. The molecule has 4 aliphatic rings. The molecular weight excluding hydrogens is 228 g/mol. The third-order valence-corrected chi connectivity index (χ3v) is 4.49. The summed E-state index contributed by atoms with van der Waals surface area (Å²) < 4.78 is 5.28. The minimum atomic E-state index is 0. The summed E-state index contributed by atoms with van der Waals surface area (Å²) in [7, 11) is 0. The standard InChI is InChI=1S/C7H14N2.C6H12N2O.2H2/c1-2-7-6-8-3-5-9(7)4-1;1-2-8-5-9-4-6(8)3-7-1;;/h7-8H,1-6H2;6-7H,1-5H2;2*1H. The van der Waals surface area contributed by atoms with Crippen molar-refractivity contribution in [3.8, 4) is 0 Å². The van der Waals surface area contributed by atoms with E-state index in [0.29, 0.717) is 6.04 Å². The van der Waals surface area contributed by atoms with Gasteiger partial charge in [-0.15, -0.1) is 0 Å². The molecule has 4 heterocycles. The molecule has 0 aromatic heterocycles. The Balaban J connectivity index is 0.000000182. The first kappa shape index (κ1) is 12.8. The Labute approximate surface area is 113 Å². The fourth-order valence-corrected chi connectivity index (χ4v) is 3.36. The molecule has 5 heteroatoms. The highest BCUT2D eigenvalue weighted by Gasteiger charge is 2.27. The highest BCUT2D eigenvalue weighted by molar-refractivity contribution is 4.84. The van der Waals surface area contributed by atoms with Crippen LogP contribution in [0.4, 0.5) is 0 Å². The van der Waals surface area contributed by atoms with E-state index in [9.17, 15) is 0 Å². The van der Waals surface area contributed by atoms with Crippen LogP contribution in [0.3, 0.4) is 0 Å². The molecule has 4 aliphatic heterocycles. The van der Waals surface area contributed by atoms with Crippen LogP contribution >= 0.6 is 0 Å². The van der Waals surface area contributed by atoms with Gasteiger partial charge in [-0.3, -0.25) is 9.80 Å². The maximum atomic E-state index is 5.28. The summed E-state index contributed by atoms with van der Waals surface area (Å²) in [4.78, 5) is 4.99. The zero-order chi connectivity index (χ0) is 12.2.